The van der Waals surface area contributed by atoms with Gasteiger partial charge in [0, 0.05) is 57.2 Å². The molecule has 2 aliphatic rings. The van der Waals surface area contributed by atoms with Gasteiger partial charge in [-0.15, -0.1) is 0 Å². The van der Waals surface area contributed by atoms with E-state index >= 15 is 0 Å². The fourth-order valence-corrected chi connectivity index (χ4v) is 3.99. The van der Waals surface area contributed by atoms with E-state index in [1.54, 1.807) is 6.92 Å². The zero-order valence-corrected chi connectivity index (χ0v) is 16.5. The molecular weight excluding hydrogens is 352 g/mol. The van der Waals surface area contributed by atoms with E-state index in [0.29, 0.717) is 26.1 Å². The average Bonchev–Trinajstić information content (AvgIpc) is 3.19. The monoisotopic (exact) mass is 378 g/mol. The maximum Gasteiger partial charge on any atom is 0.227 e. The molecule has 1 atom stereocenters. The molecule has 0 aliphatic carbocycles. The van der Waals surface area contributed by atoms with Gasteiger partial charge in [-0.25, -0.2) is 9.97 Å². The lowest BCUT2D eigenvalue weighted by Gasteiger charge is -2.27. The van der Waals surface area contributed by atoms with Gasteiger partial charge in [0.25, 0.3) is 0 Å². The van der Waals surface area contributed by atoms with Gasteiger partial charge in [0.05, 0.1) is 12.1 Å². The van der Waals surface area contributed by atoms with Crippen molar-refractivity contribution in [3.05, 3.63) is 58.7 Å². The molecule has 2 aromatic rings. The third-order valence-corrected chi connectivity index (χ3v) is 5.78. The number of amides is 2. The van der Waals surface area contributed by atoms with Gasteiger partial charge in [0.2, 0.25) is 11.8 Å². The molecule has 6 heteroatoms. The molecule has 0 N–H and O–H groups in total. The van der Waals surface area contributed by atoms with E-state index in [1.807, 2.05) is 47.2 Å². The molecule has 0 bridgehead atoms. The highest BCUT2D eigenvalue weighted by Crippen LogP contribution is 2.27. The first-order valence-electron chi connectivity index (χ1n) is 9.93. The summed E-state index contributed by atoms with van der Waals surface area (Å²) in [7, 11) is 0. The zero-order valence-electron chi connectivity index (χ0n) is 16.5. The summed E-state index contributed by atoms with van der Waals surface area (Å²) in [6, 6.07) is 8.14. The molecule has 1 saturated heterocycles. The number of carbonyl (C=O) groups excluding carboxylic acids is 2. The Bertz CT molecular complexity index is 894. The lowest BCUT2D eigenvalue weighted by Crippen LogP contribution is -2.35. The van der Waals surface area contributed by atoms with Crippen molar-refractivity contribution in [2.24, 2.45) is 0 Å². The molecule has 0 saturated carbocycles. The summed E-state index contributed by atoms with van der Waals surface area (Å²) in [5, 5.41) is 0. The Morgan fingerprint density at radius 1 is 1.14 bits per heavy atom. The summed E-state index contributed by atoms with van der Waals surface area (Å²) >= 11 is 0. The van der Waals surface area contributed by atoms with Crippen LogP contribution in [0.2, 0.25) is 0 Å². The molecule has 0 unspecified atom stereocenters. The average molecular weight is 378 g/mol. The normalized spacial score (nSPS) is 18.9. The van der Waals surface area contributed by atoms with E-state index in [1.165, 1.54) is 5.56 Å². The second-order valence-corrected chi connectivity index (χ2v) is 7.88. The molecule has 1 fully saturated rings. The minimum Gasteiger partial charge on any atom is -0.342 e. The maximum absolute atomic E-state index is 12.7. The summed E-state index contributed by atoms with van der Waals surface area (Å²) in [6.07, 6.45) is 3.98. The standard InChI is InChI=1S/C22H26N4O2/c1-15-3-5-17(6-4-15)11-21(28)26-9-7-18(13-26)22-23-12-19-14-25(16(2)27)10-8-20(19)24-22/h3-6,12,18H,7-11,13-14H2,1-2H3/t18-/m0/s1. The van der Waals surface area contributed by atoms with Gasteiger partial charge < -0.3 is 9.80 Å². The third kappa shape index (κ3) is 3.91. The smallest absolute Gasteiger partial charge is 0.227 e. The van der Waals surface area contributed by atoms with Crippen LogP contribution >= 0.6 is 0 Å². The quantitative estimate of drug-likeness (QED) is 0.822. The van der Waals surface area contributed by atoms with Gasteiger partial charge in [-0.1, -0.05) is 29.8 Å². The Hall–Kier alpha value is -2.76. The molecule has 2 amide bonds. The van der Waals surface area contributed by atoms with Crippen molar-refractivity contribution in [1.82, 2.24) is 19.8 Å². The summed E-state index contributed by atoms with van der Waals surface area (Å²) in [5.41, 5.74) is 4.34. The van der Waals surface area contributed by atoms with Crippen LogP contribution in [0, 0.1) is 6.92 Å². The van der Waals surface area contributed by atoms with Crippen molar-refractivity contribution >= 4 is 11.8 Å². The summed E-state index contributed by atoms with van der Waals surface area (Å²) in [6.45, 7) is 6.40. The molecule has 1 aromatic carbocycles. The van der Waals surface area contributed by atoms with Gasteiger partial charge in [-0.2, -0.15) is 0 Å². The van der Waals surface area contributed by atoms with E-state index in [-0.39, 0.29) is 17.7 Å². The van der Waals surface area contributed by atoms with Crippen molar-refractivity contribution in [2.45, 2.75) is 45.6 Å². The van der Waals surface area contributed by atoms with Gasteiger partial charge >= 0.3 is 0 Å². The lowest BCUT2D eigenvalue weighted by molar-refractivity contribution is -0.130. The van der Waals surface area contributed by atoms with Crippen molar-refractivity contribution in [2.75, 3.05) is 19.6 Å². The third-order valence-electron chi connectivity index (χ3n) is 5.78. The first-order chi connectivity index (χ1) is 13.5. The van der Waals surface area contributed by atoms with Crippen LogP contribution in [0.3, 0.4) is 0 Å². The minimum atomic E-state index is 0.0910. The van der Waals surface area contributed by atoms with Crippen LogP contribution in [0.4, 0.5) is 0 Å². The predicted octanol–water partition coefficient (Wildman–Crippen LogP) is 2.25. The molecule has 3 heterocycles. The number of benzene rings is 1. The van der Waals surface area contributed by atoms with Crippen LogP contribution in [-0.2, 0) is 29.0 Å². The maximum atomic E-state index is 12.7. The number of aromatic nitrogens is 2. The molecule has 1 aromatic heterocycles. The van der Waals surface area contributed by atoms with E-state index < -0.39 is 0 Å². The Kier molecular flexibility index (Phi) is 5.11. The van der Waals surface area contributed by atoms with Gasteiger partial charge in [-0.3, -0.25) is 9.59 Å². The number of rotatable bonds is 3. The second kappa shape index (κ2) is 7.70. The molecule has 0 spiro atoms. The van der Waals surface area contributed by atoms with E-state index in [2.05, 4.69) is 4.98 Å². The first-order valence-corrected chi connectivity index (χ1v) is 9.93. The van der Waals surface area contributed by atoms with Crippen molar-refractivity contribution in [3.63, 3.8) is 0 Å². The van der Waals surface area contributed by atoms with Gasteiger partial charge in [0.1, 0.15) is 5.82 Å². The van der Waals surface area contributed by atoms with Crippen LogP contribution in [-0.4, -0.2) is 51.2 Å². The second-order valence-electron chi connectivity index (χ2n) is 7.88. The number of aryl methyl sites for hydroxylation is 1. The van der Waals surface area contributed by atoms with Crippen molar-refractivity contribution in [3.8, 4) is 0 Å². The Morgan fingerprint density at radius 2 is 1.93 bits per heavy atom. The number of fused-ring (bicyclic) bond motifs is 1. The Labute approximate surface area is 165 Å². The topological polar surface area (TPSA) is 66.4 Å². The highest BCUT2D eigenvalue weighted by Gasteiger charge is 2.30. The molecule has 0 radical (unpaired) electrons. The Morgan fingerprint density at radius 3 is 2.68 bits per heavy atom. The fourth-order valence-electron chi connectivity index (χ4n) is 3.99. The molecule has 6 nitrogen and oxygen atoms in total. The number of hydrogen-bond acceptors (Lipinski definition) is 4. The molecule has 146 valence electrons. The predicted molar refractivity (Wildman–Crippen MR) is 106 cm³/mol. The number of likely N-dealkylation sites (tertiary alicyclic amines) is 1. The molecule has 2 aliphatic heterocycles. The highest BCUT2D eigenvalue weighted by molar-refractivity contribution is 5.79. The SMILES string of the molecule is CC(=O)N1CCc2nc([C@H]3CCN(C(=O)Cc4ccc(C)cc4)C3)ncc2C1. The number of carbonyl (C=O) groups is 2. The fraction of sp³-hybridized carbons (Fsp3) is 0.455. The van der Waals surface area contributed by atoms with Crippen molar-refractivity contribution in [1.29, 1.82) is 0 Å². The highest BCUT2D eigenvalue weighted by atomic mass is 16.2. The van der Waals surface area contributed by atoms with Gasteiger partial charge in [0.15, 0.2) is 0 Å². The van der Waals surface area contributed by atoms with Crippen LogP contribution < -0.4 is 0 Å². The largest absolute Gasteiger partial charge is 0.342 e. The van der Waals surface area contributed by atoms with Crippen LogP contribution in [0.15, 0.2) is 30.5 Å². The Balaban J connectivity index is 1.39. The minimum absolute atomic E-state index is 0.0910. The van der Waals surface area contributed by atoms with E-state index in [0.717, 1.165) is 42.0 Å². The van der Waals surface area contributed by atoms with Crippen LogP contribution in [0.1, 0.15) is 47.5 Å². The van der Waals surface area contributed by atoms with Gasteiger partial charge in [-0.05, 0) is 18.9 Å². The molecule has 28 heavy (non-hydrogen) atoms. The first kappa shape index (κ1) is 18.6. The van der Waals surface area contributed by atoms with E-state index in [9.17, 15) is 9.59 Å². The summed E-state index contributed by atoms with van der Waals surface area (Å²) < 4.78 is 0. The number of nitrogens with zero attached hydrogens (tertiary/aromatic N) is 4. The molecule has 4 rings (SSSR count). The lowest BCUT2D eigenvalue weighted by atomic mass is 10.0. The van der Waals surface area contributed by atoms with E-state index in [4.69, 9.17) is 4.98 Å². The molecular formula is C22H26N4O2. The number of hydrogen-bond donors (Lipinski definition) is 0. The van der Waals surface area contributed by atoms with Crippen LogP contribution in [0.5, 0.6) is 0 Å². The van der Waals surface area contributed by atoms with Crippen LogP contribution in [0.25, 0.3) is 0 Å². The summed E-state index contributed by atoms with van der Waals surface area (Å²) in [5.74, 6) is 1.29. The van der Waals surface area contributed by atoms with Crippen molar-refractivity contribution < 1.29 is 9.59 Å². The summed E-state index contributed by atoms with van der Waals surface area (Å²) in [4.78, 5) is 37.4. The zero-order chi connectivity index (χ0) is 19.7.